The van der Waals surface area contributed by atoms with Gasteiger partial charge >= 0.3 is 6.03 Å². The molecular weight excluding hydrogens is 356 g/mol. The summed E-state index contributed by atoms with van der Waals surface area (Å²) in [5, 5.41) is 5.51. The Bertz CT molecular complexity index is 759. The summed E-state index contributed by atoms with van der Waals surface area (Å²) >= 11 is 0. The second kappa shape index (κ2) is 9.85. The molecule has 2 N–H and O–H groups in total. The molecule has 0 atom stereocenters. The Labute approximate surface area is 166 Å². The molecule has 3 rings (SSSR count). The summed E-state index contributed by atoms with van der Waals surface area (Å²) in [4.78, 5) is 16.8. The normalized spacial score (nSPS) is 14.4. The molecule has 150 valence electrons. The molecule has 1 heterocycles. The topological polar surface area (TPSA) is 66.1 Å². The van der Waals surface area contributed by atoms with E-state index >= 15 is 0 Å². The third-order valence-electron chi connectivity index (χ3n) is 4.60. The summed E-state index contributed by atoms with van der Waals surface area (Å²) in [6.45, 7) is 6.68. The molecule has 0 saturated carbocycles. The predicted molar refractivity (Wildman–Crippen MR) is 111 cm³/mol. The van der Waals surface area contributed by atoms with Crippen LogP contribution in [0.15, 0.2) is 48.5 Å². The highest BCUT2D eigenvalue weighted by atomic mass is 16.5. The van der Waals surface area contributed by atoms with Gasteiger partial charge < -0.3 is 29.9 Å². The molecule has 0 aliphatic carbocycles. The molecule has 28 heavy (non-hydrogen) atoms. The number of amides is 2. The van der Waals surface area contributed by atoms with E-state index in [4.69, 9.17) is 9.47 Å². The van der Waals surface area contributed by atoms with Crippen molar-refractivity contribution in [2.24, 2.45) is 0 Å². The fourth-order valence-electron chi connectivity index (χ4n) is 3.02. The maximum Gasteiger partial charge on any atom is 0.321 e. The van der Waals surface area contributed by atoms with Crippen LogP contribution in [0.4, 0.5) is 16.2 Å². The van der Waals surface area contributed by atoms with Gasteiger partial charge in [0.25, 0.3) is 0 Å². The zero-order valence-electron chi connectivity index (χ0n) is 16.5. The molecule has 1 fully saturated rings. The van der Waals surface area contributed by atoms with E-state index in [1.807, 2.05) is 55.5 Å². The smallest absolute Gasteiger partial charge is 0.321 e. The molecule has 2 amide bonds. The van der Waals surface area contributed by atoms with Crippen LogP contribution in [0.1, 0.15) is 6.92 Å². The van der Waals surface area contributed by atoms with Gasteiger partial charge in [0.2, 0.25) is 0 Å². The quantitative estimate of drug-likeness (QED) is 0.719. The summed E-state index contributed by atoms with van der Waals surface area (Å²) in [5.74, 6) is 1.26. The van der Waals surface area contributed by atoms with Crippen molar-refractivity contribution in [3.05, 3.63) is 48.5 Å². The summed E-state index contributed by atoms with van der Waals surface area (Å²) in [6.07, 6.45) is 0. The Kier molecular flexibility index (Phi) is 6.97. The first-order valence-electron chi connectivity index (χ1n) is 9.58. The maximum absolute atomic E-state index is 12.1. The lowest BCUT2D eigenvalue weighted by molar-refractivity contribution is 0.229. The van der Waals surface area contributed by atoms with Crippen molar-refractivity contribution in [3.63, 3.8) is 0 Å². The SMILES string of the molecule is CCOc1ccccc1OCNC(=O)Nc1ccc(N2CCN(C)CC2)cc1. The third-order valence-corrected chi connectivity index (χ3v) is 4.60. The molecule has 1 aliphatic heterocycles. The van der Waals surface area contributed by atoms with E-state index in [2.05, 4.69) is 27.5 Å². The van der Waals surface area contributed by atoms with Crippen LogP contribution < -0.4 is 25.0 Å². The number of para-hydroxylation sites is 2. The molecule has 7 nitrogen and oxygen atoms in total. The van der Waals surface area contributed by atoms with Crippen molar-refractivity contribution >= 4 is 17.4 Å². The number of piperazine rings is 1. The van der Waals surface area contributed by atoms with Gasteiger partial charge in [0.15, 0.2) is 18.2 Å². The van der Waals surface area contributed by atoms with E-state index < -0.39 is 0 Å². The molecule has 0 radical (unpaired) electrons. The van der Waals surface area contributed by atoms with Gasteiger partial charge in [0.1, 0.15) is 0 Å². The molecule has 7 heteroatoms. The molecule has 1 saturated heterocycles. The zero-order chi connectivity index (χ0) is 19.8. The van der Waals surface area contributed by atoms with Crippen molar-refractivity contribution in [1.29, 1.82) is 0 Å². The largest absolute Gasteiger partial charge is 0.490 e. The van der Waals surface area contributed by atoms with E-state index in [0.29, 0.717) is 18.1 Å². The van der Waals surface area contributed by atoms with Crippen molar-refractivity contribution in [2.75, 3.05) is 56.8 Å². The Hall–Kier alpha value is -2.93. The number of nitrogens with zero attached hydrogens (tertiary/aromatic N) is 2. The minimum absolute atomic E-state index is 0.0509. The lowest BCUT2D eigenvalue weighted by atomic mass is 10.2. The summed E-state index contributed by atoms with van der Waals surface area (Å²) in [6, 6.07) is 15.0. The Morgan fingerprint density at radius 3 is 2.25 bits per heavy atom. The highest BCUT2D eigenvalue weighted by molar-refractivity contribution is 5.89. The number of carbonyl (C=O) groups excluding carboxylic acids is 1. The summed E-state index contributed by atoms with van der Waals surface area (Å²) < 4.78 is 11.1. The molecule has 1 aliphatic rings. The number of benzene rings is 2. The first-order chi connectivity index (χ1) is 13.7. The fraction of sp³-hybridized carbons (Fsp3) is 0.381. The number of anilines is 2. The second-order valence-electron chi connectivity index (χ2n) is 6.64. The molecule has 0 bridgehead atoms. The van der Waals surface area contributed by atoms with Gasteiger partial charge in [0.05, 0.1) is 6.61 Å². The van der Waals surface area contributed by atoms with Crippen molar-refractivity contribution in [3.8, 4) is 11.5 Å². The van der Waals surface area contributed by atoms with Crippen LogP contribution in [0.25, 0.3) is 0 Å². The Morgan fingerprint density at radius 2 is 1.61 bits per heavy atom. The highest BCUT2D eigenvalue weighted by Crippen LogP contribution is 2.26. The molecule has 0 unspecified atom stereocenters. The van der Waals surface area contributed by atoms with Crippen LogP contribution in [0, 0.1) is 0 Å². The van der Waals surface area contributed by atoms with E-state index in [1.54, 1.807) is 0 Å². The third kappa shape index (κ3) is 5.53. The Balaban J connectivity index is 1.45. The van der Waals surface area contributed by atoms with Crippen molar-refractivity contribution in [2.45, 2.75) is 6.92 Å². The van der Waals surface area contributed by atoms with E-state index in [0.717, 1.165) is 31.9 Å². The average Bonchev–Trinajstić information content (AvgIpc) is 2.71. The van der Waals surface area contributed by atoms with Crippen molar-refractivity contribution < 1.29 is 14.3 Å². The van der Waals surface area contributed by atoms with Crippen LogP contribution in [-0.4, -0.2) is 57.5 Å². The minimum atomic E-state index is -0.318. The number of hydrogen-bond donors (Lipinski definition) is 2. The lowest BCUT2D eigenvalue weighted by Gasteiger charge is -2.34. The fourth-order valence-corrected chi connectivity index (χ4v) is 3.02. The zero-order valence-corrected chi connectivity index (χ0v) is 16.5. The molecule has 2 aromatic carbocycles. The number of carbonyl (C=O) groups is 1. The van der Waals surface area contributed by atoms with Crippen LogP contribution >= 0.6 is 0 Å². The lowest BCUT2D eigenvalue weighted by Crippen LogP contribution is -2.44. The number of urea groups is 1. The van der Waals surface area contributed by atoms with Crippen LogP contribution in [0.5, 0.6) is 11.5 Å². The van der Waals surface area contributed by atoms with Gasteiger partial charge in [-0.2, -0.15) is 0 Å². The van der Waals surface area contributed by atoms with Crippen LogP contribution in [0.2, 0.25) is 0 Å². The van der Waals surface area contributed by atoms with Crippen LogP contribution in [-0.2, 0) is 0 Å². The number of ether oxygens (including phenoxy) is 2. The van der Waals surface area contributed by atoms with Crippen molar-refractivity contribution in [1.82, 2.24) is 10.2 Å². The monoisotopic (exact) mass is 384 g/mol. The number of likely N-dealkylation sites (N-methyl/N-ethyl adjacent to an activating group) is 1. The van der Waals surface area contributed by atoms with E-state index in [9.17, 15) is 4.79 Å². The van der Waals surface area contributed by atoms with Gasteiger partial charge in [-0.15, -0.1) is 0 Å². The van der Waals surface area contributed by atoms with Gasteiger partial charge in [-0.25, -0.2) is 4.79 Å². The number of rotatable bonds is 7. The van der Waals surface area contributed by atoms with Crippen LogP contribution in [0.3, 0.4) is 0 Å². The number of nitrogens with one attached hydrogen (secondary N) is 2. The number of hydrogen-bond acceptors (Lipinski definition) is 5. The predicted octanol–water partition coefficient (Wildman–Crippen LogP) is 3.00. The molecular formula is C21H28N4O3. The Morgan fingerprint density at radius 1 is 0.964 bits per heavy atom. The molecule has 2 aromatic rings. The van der Waals surface area contributed by atoms with E-state index in [-0.39, 0.29) is 12.8 Å². The first kappa shape index (κ1) is 19.8. The minimum Gasteiger partial charge on any atom is -0.490 e. The summed E-state index contributed by atoms with van der Waals surface area (Å²) in [5.41, 5.74) is 1.92. The van der Waals surface area contributed by atoms with Gasteiger partial charge in [-0.1, -0.05) is 12.1 Å². The van der Waals surface area contributed by atoms with Gasteiger partial charge in [-0.05, 0) is 50.4 Å². The molecule has 0 spiro atoms. The maximum atomic E-state index is 12.1. The van der Waals surface area contributed by atoms with E-state index in [1.165, 1.54) is 5.69 Å². The average molecular weight is 384 g/mol. The standard InChI is InChI=1S/C21H28N4O3/c1-3-27-19-6-4-5-7-20(19)28-16-22-21(26)23-17-8-10-18(11-9-17)25-14-12-24(2)13-15-25/h4-11H,3,12-16H2,1-2H3,(H2,22,23,26). The van der Waals surface area contributed by atoms with Gasteiger partial charge in [0, 0.05) is 37.6 Å². The molecule has 0 aromatic heterocycles. The van der Waals surface area contributed by atoms with Gasteiger partial charge in [-0.3, -0.25) is 0 Å². The first-order valence-corrected chi connectivity index (χ1v) is 9.58. The second-order valence-corrected chi connectivity index (χ2v) is 6.64. The summed E-state index contributed by atoms with van der Waals surface area (Å²) in [7, 11) is 2.14. The highest BCUT2D eigenvalue weighted by Gasteiger charge is 2.14.